The zero-order chi connectivity index (χ0) is 13.7. The van der Waals surface area contributed by atoms with Crippen molar-refractivity contribution in [2.24, 2.45) is 5.92 Å². The van der Waals surface area contributed by atoms with Crippen LogP contribution >= 0.6 is 11.6 Å². The number of rotatable bonds is 5. The molecule has 3 unspecified atom stereocenters. The number of methoxy groups -OCH3 is 1. The third-order valence-corrected chi connectivity index (χ3v) is 3.42. The fourth-order valence-corrected chi connectivity index (χ4v) is 2.00. The van der Waals surface area contributed by atoms with Gasteiger partial charge in [0.1, 0.15) is 0 Å². The molecule has 0 spiro atoms. The zero-order valence-electron chi connectivity index (χ0n) is 11.2. The number of hydrogen-bond acceptors (Lipinski definition) is 3. The highest BCUT2D eigenvalue weighted by Gasteiger charge is 2.22. The average molecular weight is 270 g/mol. The van der Waals surface area contributed by atoms with E-state index in [0.717, 1.165) is 10.6 Å². The first kappa shape index (κ1) is 15.0. The second kappa shape index (κ2) is 6.76. The van der Waals surface area contributed by atoms with Crippen molar-refractivity contribution >= 4 is 17.6 Å². The number of carbonyl (C=O) groups is 1. The molecule has 0 saturated carbocycles. The molecule has 0 heterocycles. The number of nitrogens with one attached hydrogen (secondary N) is 1. The van der Waals surface area contributed by atoms with Gasteiger partial charge in [-0.3, -0.25) is 4.79 Å². The molecule has 100 valence electrons. The number of ether oxygens (including phenoxy) is 1. The summed E-state index contributed by atoms with van der Waals surface area (Å²) in [7, 11) is 1.41. The van der Waals surface area contributed by atoms with Crippen LogP contribution in [-0.2, 0) is 9.53 Å². The number of esters is 1. The summed E-state index contributed by atoms with van der Waals surface area (Å²) >= 11 is 5.96. The molecule has 1 aromatic carbocycles. The predicted molar refractivity (Wildman–Crippen MR) is 73.6 cm³/mol. The fourth-order valence-electron chi connectivity index (χ4n) is 1.80. The number of hydrogen-bond donors (Lipinski definition) is 1. The van der Waals surface area contributed by atoms with E-state index in [4.69, 9.17) is 16.3 Å². The molecule has 3 nitrogen and oxygen atoms in total. The Hall–Kier alpha value is -1.06. The Balaban J connectivity index is 2.64. The minimum absolute atomic E-state index is 0.0337. The monoisotopic (exact) mass is 269 g/mol. The maximum absolute atomic E-state index is 11.4. The molecule has 0 radical (unpaired) electrons. The van der Waals surface area contributed by atoms with Gasteiger partial charge in [-0.25, -0.2) is 0 Å². The lowest BCUT2D eigenvalue weighted by atomic mass is 10.0. The molecule has 1 rings (SSSR count). The van der Waals surface area contributed by atoms with Crippen LogP contribution in [0.4, 0.5) is 0 Å². The third kappa shape index (κ3) is 4.00. The van der Waals surface area contributed by atoms with Gasteiger partial charge in [0.25, 0.3) is 0 Å². The molecule has 18 heavy (non-hydrogen) atoms. The Morgan fingerprint density at radius 3 is 2.56 bits per heavy atom. The highest BCUT2D eigenvalue weighted by atomic mass is 35.5. The Morgan fingerprint density at radius 2 is 2.00 bits per heavy atom. The summed E-state index contributed by atoms with van der Waals surface area (Å²) in [6.45, 7) is 5.88. The summed E-state index contributed by atoms with van der Waals surface area (Å²) in [6, 6.07) is 7.87. The molecule has 0 amide bonds. The fraction of sp³-hybridized carbons (Fsp3) is 0.500. The standard InChI is InChI=1S/C14H20ClNO2/c1-9(14(17)18-4)10(2)16-11(3)12-6-5-7-13(15)8-12/h5-11,16H,1-4H3. The van der Waals surface area contributed by atoms with Crippen LogP contribution in [0.25, 0.3) is 0 Å². The lowest BCUT2D eigenvalue weighted by Gasteiger charge is -2.24. The van der Waals surface area contributed by atoms with Gasteiger partial charge in [0.15, 0.2) is 0 Å². The molecule has 4 heteroatoms. The van der Waals surface area contributed by atoms with Crippen molar-refractivity contribution in [1.29, 1.82) is 0 Å². The van der Waals surface area contributed by atoms with Gasteiger partial charge in [-0.05, 0) is 31.5 Å². The summed E-state index contributed by atoms with van der Waals surface area (Å²) in [4.78, 5) is 11.4. The second-order valence-electron chi connectivity index (χ2n) is 4.54. The minimum Gasteiger partial charge on any atom is -0.469 e. The molecule has 0 aliphatic rings. The van der Waals surface area contributed by atoms with E-state index in [-0.39, 0.29) is 24.0 Å². The highest BCUT2D eigenvalue weighted by Crippen LogP contribution is 2.19. The molecule has 3 atom stereocenters. The molecule has 0 saturated heterocycles. The summed E-state index contributed by atoms with van der Waals surface area (Å²) < 4.78 is 4.74. The second-order valence-corrected chi connectivity index (χ2v) is 4.98. The number of halogens is 1. The van der Waals surface area contributed by atoms with Crippen LogP contribution in [0.1, 0.15) is 32.4 Å². The molecule has 1 aromatic rings. The van der Waals surface area contributed by atoms with Gasteiger partial charge >= 0.3 is 5.97 Å². The molecule has 0 bridgehead atoms. The van der Waals surface area contributed by atoms with E-state index in [1.807, 2.05) is 45.0 Å². The van der Waals surface area contributed by atoms with E-state index in [9.17, 15) is 4.79 Å². The third-order valence-electron chi connectivity index (χ3n) is 3.18. The Labute approximate surface area is 113 Å². The maximum Gasteiger partial charge on any atom is 0.309 e. The van der Waals surface area contributed by atoms with Crippen LogP contribution < -0.4 is 5.32 Å². The number of benzene rings is 1. The average Bonchev–Trinajstić information content (AvgIpc) is 2.36. The maximum atomic E-state index is 11.4. The zero-order valence-corrected chi connectivity index (χ0v) is 12.0. The van der Waals surface area contributed by atoms with Gasteiger partial charge < -0.3 is 10.1 Å². The molecule has 0 aliphatic heterocycles. The molecular weight excluding hydrogens is 250 g/mol. The van der Waals surface area contributed by atoms with Crippen molar-refractivity contribution in [3.63, 3.8) is 0 Å². The van der Waals surface area contributed by atoms with E-state index in [1.165, 1.54) is 7.11 Å². The van der Waals surface area contributed by atoms with Crippen molar-refractivity contribution in [1.82, 2.24) is 5.32 Å². The van der Waals surface area contributed by atoms with E-state index < -0.39 is 0 Å². The van der Waals surface area contributed by atoms with Crippen LogP contribution in [0.5, 0.6) is 0 Å². The van der Waals surface area contributed by atoms with Gasteiger partial charge in [0.2, 0.25) is 0 Å². The predicted octanol–water partition coefficient (Wildman–Crippen LogP) is 3.19. The van der Waals surface area contributed by atoms with Gasteiger partial charge in [0, 0.05) is 17.1 Å². The SMILES string of the molecule is COC(=O)C(C)C(C)NC(C)c1cccc(Cl)c1. The first-order valence-electron chi connectivity index (χ1n) is 6.05. The summed E-state index contributed by atoms with van der Waals surface area (Å²) in [5.41, 5.74) is 1.10. The van der Waals surface area contributed by atoms with E-state index in [1.54, 1.807) is 0 Å². The Bertz CT molecular complexity index is 409. The van der Waals surface area contributed by atoms with Gasteiger partial charge in [0.05, 0.1) is 13.0 Å². The van der Waals surface area contributed by atoms with Crippen molar-refractivity contribution in [2.75, 3.05) is 7.11 Å². The van der Waals surface area contributed by atoms with Crippen LogP contribution in [0.2, 0.25) is 5.02 Å². The first-order valence-corrected chi connectivity index (χ1v) is 6.42. The molecule has 0 aliphatic carbocycles. The lowest BCUT2D eigenvalue weighted by Crippen LogP contribution is -2.38. The van der Waals surface area contributed by atoms with Crippen molar-refractivity contribution in [3.8, 4) is 0 Å². The van der Waals surface area contributed by atoms with Gasteiger partial charge in [-0.2, -0.15) is 0 Å². The normalized spacial score (nSPS) is 15.8. The Kier molecular flexibility index (Phi) is 5.63. The summed E-state index contributed by atoms with van der Waals surface area (Å²) in [5.74, 6) is -0.384. The topological polar surface area (TPSA) is 38.3 Å². The summed E-state index contributed by atoms with van der Waals surface area (Å²) in [6.07, 6.45) is 0. The van der Waals surface area contributed by atoms with Crippen molar-refractivity contribution < 1.29 is 9.53 Å². The molecule has 0 aromatic heterocycles. The van der Waals surface area contributed by atoms with Gasteiger partial charge in [-0.1, -0.05) is 30.7 Å². The van der Waals surface area contributed by atoms with Gasteiger partial charge in [-0.15, -0.1) is 0 Å². The lowest BCUT2D eigenvalue weighted by molar-refractivity contribution is -0.145. The smallest absolute Gasteiger partial charge is 0.309 e. The van der Waals surface area contributed by atoms with Crippen LogP contribution in [-0.4, -0.2) is 19.1 Å². The van der Waals surface area contributed by atoms with Crippen LogP contribution in [0, 0.1) is 5.92 Å². The van der Waals surface area contributed by atoms with Crippen molar-refractivity contribution in [3.05, 3.63) is 34.9 Å². The highest BCUT2D eigenvalue weighted by molar-refractivity contribution is 6.30. The van der Waals surface area contributed by atoms with Crippen molar-refractivity contribution in [2.45, 2.75) is 32.9 Å². The van der Waals surface area contributed by atoms with Crippen LogP contribution in [0.3, 0.4) is 0 Å². The van der Waals surface area contributed by atoms with E-state index in [2.05, 4.69) is 5.32 Å². The first-order chi connectivity index (χ1) is 8.45. The Morgan fingerprint density at radius 1 is 1.33 bits per heavy atom. The van der Waals surface area contributed by atoms with E-state index in [0.29, 0.717) is 0 Å². The van der Waals surface area contributed by atoms with E-state index >= 15 is 0 Å². The molecule has 1 N–H and O–H groups in total. The molecular formula is C14H20ClNO2. The molecule has 0 fully saturated rings. The minimum atomic E-state index is -0.201. The quantitative estimate of drug-likeness (QED) is 0.835. The van der Waals surface area contributed by atoms with Crippen LogP contribution in [0.15, 0.2) is 24.3 Å². The number of carbonyl (C=O) groups excluding carboxylic acids is 1. The largest absolute Gasteiger partial charge is 0.469 e. The summed E-state index contributed by atoms with van der Waals surface area (Å²) in [5, 5.41) is 4.10.